The summed E-state index contributed by atoms with van der Waals surface area (Å²) in [6.45, 7) is 0. The normalized spacial score (nSPS) is 11.4. The molecule has 0 aliphatic carbocycles. The van der Waals surface area contributed by atoms with E-state index in [1.807, 2.05) is 4.72 Å². The highest BCUT2D eigenvalue weighted by Gasteiger charge is 2.26. The van der Waals surface area contributed by atoms with Crippen LogP contribution in [0.1, 0.15) is 0 Å². The maximum Gasteiger partial charge on any atom is 0.267 e. The van der Waals surface area contributed by atoms with E-state index in [2.05, 4.69) is 15.9 Å². The first-order chi connectivity index (χ1) is 9.72. The molecule has 0 aromatic heterocycles. The molecule has 9 heteroatoms. The zero-order chi connectivity index (χ0) is 15.8. The SMILES string of the molecule is O=S(=O)(Nc1cccc(Br)c1O)c1c(F)cc(F)cc1F. The smallest absolute Gasteiger partial charge is 0.267 e. The lowest BCUT2D eigenvalue weighted by molar-refractivity contribution is 0.473. The summed E-state index contributed by atoms with van der Waals surface area (Å²) in [7, 11) is -4.68. The van der Waals surface area contributed by atoms with E-state index in [4.69, 9.17) is 0 Å². The van der Waals surface area contributed by atoms with Gasteiger partial charge in [-0.1, -0.05) is 6.07 Å². The van der Waals surface area contributed by atoms with Crippen LogP contribution < -0.4 is 4.72 Å². The van der Waals surface area contributed by atoms with Crippen molar-refractivity contribution in [2.75, 3.05) is 4.72 Å². The highest BCUT2D eigenvalue weighted by atomic mass is 79.9. The van der Waals surface area contributed by atoms with E-state index in [1.54, 1.807) is 0 Å². The van der Waals surface area contributed by atoms with Gasteiger partial charge in [0.2, 0.25) is 0 Å². The second-order valence-corrected chi connectivity index (χ2v) is 6.41. The first-order valence-corrected chi connectivity index (χ1v) is 7.65. The van der Waals surface area contributed by atoms with Gasteiger partial charge in [-0.15, -0.1) is 0 Å². The molecule has 0 saturated heterocycles. The minimum Gasteiger partial charge on any atom is -0.505 e. The molecule has 2 aromatic carbocycles. The van der Waals surface area contributed by atoms with Crippen molar-refractivity contribution in [1.29, 1.82) is 0 Å². The molecule has 2 rings (SSSR count). The average Bonchev–Trinajstić information content (AvgIpc) is 2.33. The largest absolute Gasteiger partial charge is 0.505 e. The van der Waals surface area contributed by atoms with Crippen LogP contribution in [-0.4, -0.2) is 13.5 Å². The lowest BCUT2D eigenvalue weighted by Gasteiger charge is -2.11. The Bertz CT molecular complexity index is 788. The summed E-state index contributed by atoms with van der Waals surface area (Å²) in [6, 6.07) is 4.53. The number of para-hydroxylation sites is 1. The van der Waals surface area contributed by atoms with Crippen LogP contribution >= 0.6 is 15.9 Å². The van der Waals surface area contributed by atoms with E-state index in [-0.39, 0.29) is 22.3 Å². The standard InChI is InChI=1S/C12H7BrF3NO3S/c13-7-2-1-3-10(11(7)18)17-21(19,20)12-8(15)4-6(14)5-9(12)16/h1-5,17-18H. The number of aromatic hydroxyl groups is 1. The first-order valence-electron chi connectivity index (χ1n) is 5.37. The van der Waals surface area contributed by atoms with Crippen LogP contribution in [0.4, 0.5) is 18.9 Å². The Labute approximate surface area is 126 Å². The molecule has 21 heavy (non-hydrogen) atoms. The van der Waals surface area contributed by atoms with Crippen molar-refractivity contribution in [1.82, 2.24) is 0 Å². The maximum atomic E-state index is 13.5. The number of halogens is 4. The second-order valence-electron chi connectivity index (χ2n) is 3.94. The van der Waals surface area contributed by atoms with E-state index in [0.29, 0.717) is 0 Å². The van der Waals surface area contributed by atoms with Crippen molar-refractivity contribution >= 4 is 31.6 Å². The Hall–Kier alpha value is -1.74. The number of hydrogen-bond donors (Lipinski definition) is 2. The number of hydrogen-bond acceptors (Lipinski definition) is 3. The van der Waals surface area contributed by atoms with Crippen LogP contribution in [0.2, 0.25) is 0 Å². The van der Waals surface area contributed by atoms with Gasteiger partial charge in [-0.2, -0.15) is 0 Å². The molecule has 0 heterocycles. The molecule has 2 aromatic rings. The molecule has 0 saturated carbocycles. The van der Waals surface area contributed by atoms with Crippen molar-refractivity contribution in [3.63, 3.8) is 0 Å². The molecule has 112 valence electrons. The molecule has 0 fully saturated rings. The van der Waals surface area contributed by atoms with E-state index in [9.17, 15) is 26.7 Å². The summed E-state index contributed by atoms with van der Waals surface area (Å²) >= 11 is 2.97. The van der Waals surface area contributed by atoms with Gasteiger partial charge < -0.3 is 5.11 Å². The summed E-state index contributed by atoms with van der Waals surface area (Å²) in [6.07, 6.45) is 0. The third-order valence-corrected chi connectivity index (χ3v) is 4.52. The van der Waals surface area contributed by atoms with Crippen molar-refractivity contribution < 1.29 is 26.7 Å². The molecule has 0 atom stereocenters. The van der Waals surface area contributed by atoms with Gasteiger partial charge in [-0.3, -0.25) is 4.72 Å². The predicted molar refractivity (Wildman–Crippen MR) is 72.9 cm³/mol. The Balaban J connectivity index is 2.51. The Morgan fingerprint density at radius 1 is 1.10 bits per heavy atom. The summed E-state index contributed by atoms with van der Waals surface area (Å²) in [5, 5.41) is 9.67. The van der Waals surface area contributed by atoms with Gasteiger partial charge in [0.1, 0.15) is 17.5 Å². The molecule has 0 aliphatic heterocycles. The lowest BCUT2D eigenvalue weighted by atomic mass is 10.3. The minimum absolute atomic E-state index is 0.183. The molecule has 0 bridgehead atoms. The van der Waals surface area contributed by atoms with Crippen molar-refractivity contribution in [3.8, 4) is 5.75 Å². The third-order valence-electron chi connectivity index (χ3n) is 2.46. The van der Waals surface area contributed by atoms with E-state index in [0.717, 1.165) is 0 Å². The Kier molecular flexibility index (Phi) is 4.15. The number of phenols is 1. The van der Waals surface area contributed by atoms with Crippen LogP contribution in [0.25, 0.3) is 0 Å². The summed E-state index contributed by atoms with van der Waals surface area (Å²) in [5.74, 6) is -4.85. The van der Waals surface area contributed by atoms with E-state index < -0.39 is 38.1 Å². The quantitative estimate of drug-likeness (QED) is 0.801. The molecule has 0 radical (unpaired) electrons. The fraction of sp³-hybridized carbons (Fsp3) is 0. The highest BCUT2D eigenvalue weighted by molar-refractivity contribution is 9.10. The highest BCUT2D eigenvalue weighted by Crippen LogP contribution is 2.33. The molecule has 0 unspecified atom stereocenters. The topological polar surface area (TPSA) is 66.4 Å². The van der Waals surface area contributed by atoms with Gasteiger partial charge >= 0.3 is 0 Å². The molecular weight excluding hydrogens is 375 g/mol. The summed E-state index contributed by atoms with van der Waals surface area (Å²) in [4.78, 5) is -1.33. The first kappa shape index (κ1) is 15.6. The van der Waals surface area contributed by atoms with Gasteiger partial charge in [0, 0.05) is 12.1 Å². The lowest BCUT2D eigenvalue weighted by Crippen LogP contribution is -2.17. The van der Waals surface area contributed by atoms with Crippen molar-refractivity contribution in [2.45, 2.75) is 4.90 Å². The van der Waals surface area contributed by atoms with Gasteiger partial charge in [0.05, 0.1) is 10.2 Å². The zero-order valence-corrected chi connectivity index (χ0v) is 12.5. The predicted octanol–water partition coefficient (Wildman–Crippen LogP) is 3.37. The summed E-state index contributed by atoms with van der Waals surface area (Å²) < 4.78 is 65.8. The molecule has 0 aliphatic rings. The van der Waals surface area contributed by atoms with Crippen LogP contribution in [-0.2, 0) is 10.0 Å². The fourth-order valence-corrected chi connectivity index (χ4v) is 3.13. The molecule has 4 nitrogen and oxygen atoms in total. The zero-order valence-electron chi connectivity index (χ0n) is 10.1. The number of rotatable bonds is 3. The second kappa shape index (κ2) is 5.57. The minimum atomic E-state index is -4.68. The van der Waals surface area contributed by atoms with Crippen LogP contribution in [0, 0.1) is 17.5 Å². The van der Waals surface area contributed by atoms with Crippen molar-refractivity contribution in [3.05, 3.63) is 52.3 Å². The number of benzene rings is 2. The number of phenolic OH excluding ortho intramolecular Hbond substituents is 1. The molecule has 0 amide bonds. The van der Waals surface area contributed by atoms with E-state index >= 15 is 0 Å². The van der Waals surface area contributed by atoms with Gasteiger partial charge in [0.25, 0.3) is 10.0 Å². The maximum absolute atomic E-state index is 13.5. The third kappa shape index (κ3) is 3.13. The van der Waals surface area contributed by atoms with Gasteiger partial charge in [-0.25, -0.2) is 21.6 Å². The van der Waals surface area contributed by atoms with Crippen LogP contribution in [0.5, 0.6) is 5.75 Å². The van der Waals surface area contributed by atoms with Crippen LogP contribution in [0.15, 0.2) is 39.7 Å². The van der Waals surface area contributed by atoms with Gasteiger partial charge in [-0.05, 0) is 28.1 Å². The number of anilines is 1. The fourth-order valence-electron chi connectivity index (χ4n) is 1.58. The molecule has 0 spiro atoms. The average molecular weight is 382 g/mol. The van der Waals surface area contributed by atoms with E-state index in [1.165, 1.54) is 18.2 Å². The molecule has 2 N–H and O–H groups in total. The number of nitrogens with one attached hydrogen (secondary N) is 1. The monoisotopic (exact) mass is 381 g/mol. The molecular formula is C12H7BrF3NO3S. The van der Waals surface area contributed by atoms with Crippen LogP contribution in [0.3, 0.4) is 0 Å². The Morgan fingerprint density at radius 2 is 1.67 bits per heavy atom. The van der Waals surface area contributed by atoms with Crippen molar-refractivity contribution in [2.24, 2.45) is 0 Å². The van der Waals surface area contributed by atoms with Gasteiger partial charge in [0.15, 0.2) is 10.6 Å². The Morgan fingerprint density at radius 3 is 2.24 bits per heavy atom. The summed E-state index contributed by atoms with van der Waals surface area (Å²) in [5.41, 5.74) is -0.285. The number of sulfonamides is 1.